The molecule has 0 aromatic heterocycles. The van der Waals surface area contributed by atoms with Gasteiger partial charge in [-0.15, -0.1) is 0 Å². The fourth-order valence-corrected chi connectivity index (χ4v) is 1.78. The number of nitrogens with zero attached hydrogens (tertiary/aromatic N) is 1. The third kappa shape index (κ3) is 2.74. The van der Waals surface area contributed by atoms with Gasteiger partial charge in [-0.3, -0.25) is 0 Å². The summed E-state index contributed by atoms with van der Waals surface area (Å²) >= 11 is 0. The van der Waals surface area contributed by atoms with Gasteiger partial charge in [0.1, 0.15) is 5.75 Å². The Hall–Kier alpha value is -2.16. The quantitative estimate of drug-likeness (QED) is 0.835. The Morgan fingerprint density at radius 3 is 1.94 bits per heavy atom. The molecule has 2 aromatic rings. The summed E-state index contributed by atoms with van der Waals surface area (Å²) in [6, 6.07) is 15.9. The number of anilines is 3. The predicted molar refractivity (Wildman–Crippen MR) is 76.5 cm³/mol. The van der Waals surface area contributed by atoms with Crippen molar-refractivity contribution < 1.29 is 4.74 Å². The highest BCUT2D eigenvalue weighted by molar-refractivity contribution is 5.64. The predicted octanol–water partition coefficient (Wildman–Crippen LogP) is 3.44. The Morgan fingerprint density at radius 2 is 1.44 bits per heavy atom. The zero-order chi connectivity index (χ0) is 13.0. The first-order chi connectivity index (χ1) is 8.70. The summed E-state index contributed by atoms with van der Waals surface area (Å²) in [5, 5.41) is 0. The summed E-state index contributed by atoms with van der Waals surface area (Å²) in [5.41, 5.74) is 8.68. The van der Waals surface area contributed by atoms with Crippen LogP contribution in [-0.4, -0.2) is 13.7 Å². The van der Waals surface area contributed by atoms with E-state index in [0.29, 0.717) is 6.61 Å². The summed E-state index contributed by atoms with van der Waals surface area (Å²) in [7, 11) is 2.03. The number of benzene rings is 2. The van der Waals surface area contributed by atoms with Gasteiger partial charge in [0.25, 0.3) is 0 Å². The van der Waals surface area contributed by atoms with E-state index in [1.165, 1.54) is 0 Å². The molecule has 0 aliphatic heterocycles. The van der Waals surface area contributed by atoms with Gasteiger partial charge in [-0.25, -0.2) is 0 Å². The van der Waals surface area contributed by atoms with E-state index >= 15 is 0 Å². The van der Waals surface area contributed by atoms with Crippen LogP contribution in [0.25, 0.3) is 0 Å². The van der Waals surface area contributed by atoms with Crippen LogP contribution in [0.5, 0.6) is 5.75 Å². The first-order valence-electron chi connectivity index (χ1n) is 6.03. The van der Waals surface area contributed by atoms with E-state index in [4.69, 9.17) is 10.5 Å². The zero-order valence-corrected chi connectivity index (χ0v) is 10.8. The normalized spacial score (nSPS) is 10.1. The van der Waals surface area contributed by atoms with Gasteiger partial charge in [0, 0.05) is 24.1 Å². The first-order valence-corrected chi connectivity index (χ1v) is 6.03. The van der Waals surface area contributed by atoms with Crippen molar-refractivity contribution in [2.75, 3.05) is 24.3 Å². The molecule has 0 unspecified atom stereocenters. The highest BCUT2D eigenvalue weighted by atomic mass is 16.5. The number of rotatable bonds is 4. The average Bonchev–Trinajstić information content (AvgIpc) is 2.40. The highest BCUT2D eigenvalue weighted by Gasteiger charge is 2.03. The van der Waals surface area contributed by atoms with Crippen molar-refractivity contribution >= 4 is 17.1 Å². The number of nitrogens with two attached hydrogens (primary N) is 1. The lowest BCUT2D eigenvalue weighted by Crippen LogP contribution is -2.09. The minimum atomic E-state index is 0.688. The van der Waals surface area contributed by atoms with Gasteiger partial charge >= 0.3 is 0 Å². The molecule has 3 nitrogen and oxygen atoms in total. The van der Waals surface area contributed by atoms with Crippen LogP contribution in [0.2, 0.25) is 0 Å². The summed E-state index contributed by atoms with van der Waals surface area (Å²) in [4.78, 5) is 2.11. The molecule has 94 valence electrons. The third-order valence-corrected chi connectivity index (χ3v) is 2.82. The van der Waals surface area contributed by atoms with Crippen LogP contribution in [0.15, 0.2) is 48.5 Å². The Balaban J connectivity index is 2.17. The fraction of sp³-hybridized carbons (Fsp3) is 0.200. The van der Waals surface area contributed by atoms with Crippen molar-refractivity contribution in [1.29, 1.82) is 0 Å². The molecule has 0 radical (unpaired) electrons. The molecule has 0 saturated carbocycles. The van der Waals surface area contributed by atoms with Crippen molar-refractivity contribution in [3.05, 3.63) is 48.5 Å². The van der Waals surface area contributed by atoms with Crippen LogP contribution in [-0.2, 0) is 0 Å². The Labute approximate surface area is 108 Å². The summed E-state index contributed by atoms with van der Waals surface area (Å²) in [6.07, 6.45) is 0. The molecule has 18 heavy (non-hydrogen) atoms. The number of hydrogen-bond acceptors (Lipinski definition) is 3. The average molecular weight is 242 g/mol. The van der Waals surface area contributed by atoms with Gasteiger partial charge in [-0.1, -0.05) is 0 Å². The number of hydrogen-bond donors (Lipinski definition) is 1. The van der Waals surface area contributed by atoms with Crippen LogP contribution in [0.1, 0.15) is 6.92 Å². The minimum absolute atomic E-state index is 0.688. The standard InChI is InChI=1S/C15H18N2O/c1-3-18-15-10-8-14(9-11-15)17(2)13-6-4-12(16)5-7-13/h4-11H,3,16H2,1-2H3. The molecule has 0 heterocycles. The summed E-state index contributed by atoms with van der Waals surface area (Å²) in [6.45, 7) is 2.67. The summed E-state index contributed by atoms with van der Waals surface area (Å²) in [5.74, 6) is 0.895. The molecule has 0 bridgehead atoms. The van der Waals surface area contributed by atoms with E-state index in [1.54, 1.807) is 0 Å². The minimum Gasteiger partial charge on any atom is -0.494 e. The molecule has 2 rings (SSSR count). The van der Waals surface area contributed by atoms with Crippen LogP contribution < -0.4 is 15.4 Å². The van der Waals surface area contributed by atoms with Gasteiger partial charge in [0.2, 0.25) is 0 Å². The second-order valence-electron chi connectivity index (χ2n) is 4.08. The molecule has 0 spiro atoms. The van der Waals surface area contributed by atoms with Crippen LogP contribution in [0.4, 0.5) is 17.1 Å². The molecule has 2 N–H and O–H groups in total. The third-order valence-electron chi connectivity index (χ3n) is 2.82. The molecular formula is C15H18N2O. The van der Waals surface area contributed by atoms with Crippen LogP contribution in [0.3, 0.4) is 0 Å². The van der Waals surface area contributed by atoms with Crippen LogP contribution in [0, 0.1) is 0 Å². The zero-order valence-electron chi connectivity index (χ0n) is 10.8. The first kappa shape index (κ1) is 12.3. The van der Waals surface area contributed by atoms with E-state index in [2.05, 4.69) is 4.90 Å². The largest absolute Gasteiger partial charge is 0.494 e. The van der Waals surface area contributed by atoms with Crippen LogP contribution >= 0.6 is 0 Å². The fourth-order valence-electron chi connectivity index (χ4n) is 1.78. The monoisotopic (exact) mass is 242 g/mol. The van der Waals surface area contributed by atoms with Crippen molar-refractivity contribution in [2.24, 2.45) is 0 Å². The molecule has 2 aromatic carbocycles. The lowest BCUT2D eigenvalue weighted by atomic mass is 10.2. The smallest absolute Gasteiger partial charge is 0.119 e. The molecule has 0 aliphatic rings. The maximum absolute atomic E-state index is 5.68. The van der Waals surface area contributed by atoms with Crippen molar-refractivity contribution in [3.63, 3.8) is 0 Å². The van der Waals surface area contributed by atoms with E-state index < -0.39 is 0 Å². The molecule has 0 atom stereocenters. The number of nitrogen functional groups attached to an aromatic ring is 1. The molecule has 0 aliphatic carbocycles. The van der Waals surface area contributed by atoms with Crippen molar-refractivity contribution in [3.8, 4) is 5.75 Å². The molecule has 0 fully saturated rings. The van der Waals surface area contributed by atoms with E-state index in [1.807, 2.05) is 62.5 Å². The van der Waals surface area contributed by atoms with Gasteiger partial charge in [-0.05, 0) is 55.5 Å². The maximum Gasteiger partial charge on any atom is 0.119 e. The van der Waals surface area contributed by atoms with Gasteiger partial charge in [0.05, 0.1) is 6.61 Å². The summed E-state index contributed by atoms with van der Waals surface area (Å²) < 4.78 is 5.43. The highest BCUT2D eigenvalue weighted by Crippen LogP contribution is 2.26. The lowest BCUT2D eigenvalue weighted by molar-refractivity contribution is 0.340. The Bertz CT molecular complexity index is 491. The van der Waals surface area contributed by atoms with Gasteiger partial charge < -0.3 is 15.4 Å². The number of ether oxygens (including phenoxy) is 1. The van der Waals surface area contributed by atoms with Gasteiger partial charge in [-0.2, -0.15) is 0 Å². The topological polar surface area (TPSA) is 38.5 Å². The van der Waals surface area contributed by atoms with Gasteiger partial charge in [0.15, 0.2) is 0 Å². The molecule has 0 amide bonds. The van der Waals surface area contributed by atoms with Crippen molar-refractivity contribution in [1.82, 2.24) is 0 Å². The maximum atomic E-state index is 5.68. The van der Waals surface area contributed by atoms with E-state index in [-0.39, 0.29) is 0 Å². The Morgan fingerprint density at radius 1 is 0.944 bits per heavy atom. The second-order valence-corrected chi connectivity index (χ2v) is 4.08. The lowest BCUT2D eigenvalue weighted by Gasteiger charge is -2.20. The molecular weight excluding hydrogens is 224 g/mol. The Kier molecular flexibility index (Phi) is 3.72. The second kappa shape index (κ2) is 5.45. The molecule has 3 heteroatoms. The van der Waals surface area contributed by atoms with Crippen molar-refractivity contribution in [2.45, 2.75) is 6.92 Å². The van der Waals surface area contributed by atoms with E-state index in [9.17, 15) is 0 Å². The molecule has 0 saturated heterocycles. The van der Waals surface area contributed by atoms with E-state index in [0.717, 1.165) is 22.8 Å². The SMILES string of the molecule is CCOc1ccc(N(C)c2ccc(N)cc2)cc1.